The van der Waals surface area contributed by atoms with Gasteiger partial charge in [-0.15, -0.1) is 0 Å². The van der Waals surface area contributed by atoms with Crippen LogP contribution in [-0.4, -0.2) is 46.1 Å². The monoisotopic (exact) mass is 568 g/mol. The number of aromatic nitrogens is 1. The summed E-state index contributed by atoms with van der Waals surface area (Å²) in [5.74, 6) is -0.0306. The first-order valence-corrected chi connectivity index (χ1v) is 14.0. The number of halogens is 1. The molecule has 2 aliphatic heterocycles. The molecule has 0 unspecified atom stereocenters. The fourth-order valence-electron chi connectivity index (χ4n) is 5.65. The van der Waals surface area contributed by atoms with Crippen molar-refractivity contribution < 1.29 is 4.79 Å². The second-order valence-electron chi connectivity index (χ2n) is 10.0. The molecule has 0 saturated carbocycles. The van der Waals surface area contributed by atoms with Crippen molar-refractivity contribution in [1.29, 1.82) is 0 Å². The van der Waals surface area contributed by atoms with E-state index in [1.165, 1.54) is 6.42 Å². The molecule has 3 aromatic carbocycles. The number of benzene rings is 3. The number of likely N-dealkylation sites (tertiary alicyclic amines) is 1. The zero-order chi connectivity index (χ0) is 26.1. The predicted molar refractivity (Wildman–Crippen MR) is 155 cm³/mol. The number of piperidine rings is 1. The lowest BCUT2D eigenvalue weighted by Crippen LogP contribution is -2.40. The molecule has 6 rings (SSSR count). The van der Waals surface area contributed by atoms with Crippen LogP contribution in [0.4, 0.5) is 0 Å². The van der Waals surface area contributed by atoms with Crippen LogP contribution in [0, 0.1) is 0 Å². The van der Waals surface area contributed by atoms with Gasteiger partial charge in [-0.3, -0.25) is 14.5 Å². The van der Waals surface area contributed by atoms with Crippen molar-refractivity contribution in [2.24, 2.45) is 5.10 Å². The van der Waals surface area contributed by atoms with E-state index in [4.69, 9.17) is 5.10 Å². The molecular formula is C31H29BrN4O2. The standard InChI is InChI=1S/C31H29BrN4O2/c32-23-14-15-25-24(18-23)29(22-12-6-2-7-13-22)30(31(38)33-25)26-19-27(21-10-4-1-5-11-21)36(34-26)28(37)20-35-16-8-3-9-17-35/h1-2,4-7,10-15,18,27H,3,8-9,16-17,19-20H2,(H,33,38)/t27-/m0/s1. The maximum atomic E-state index is 13.7. The number of hydrogen-bond donors (Lipinski definition) is 1. The van der Waals surface area contributed by atoms with E-state index in [2.05, 4.69) is 25.8 Å². The number of amides is 1. The Kier molecular flexibility index (Phi) is 6.96. The maximum Gasteiger partial charge on any atom is 0.258 e. The second-order valence-corrected chi connectivity index (χ2v) is 10.9. The molecular weight excluding hydrogens is 540 g/mol. The van der Waals surface area contributed by atoms with E-state index >= 15 is 0 Å². The fraction of sp³-hybridized carbons (Fsp3) is 0.258. The number of hydrazone groups is 1. The molecule has 1 amide bonds. The molecule has 1 saturated heterocycles. The van der Waals surface area contributed by atoms with Crippen molar-refractivity contribution in [2.75, 3.05) is 19.6 Å². The zero-order valence-corrected chi connectivity index (χ0v) is 22.7. The zero-order valence-electron chi connectivity index (χ0n) is 21.1. The third-order valence-corrected chi connectivity index (χ3v) is 7.98. The summed E-state index contributed by atoms with van der Waals surface area (Å²) in [5, 5.41) is 7.45. The van der Waals surface area contributed by atoms with Crippen LogP contribution in [-0.2, 0) is 4.79 Å². The fourth-order valence-corrected chi connectivity index (χ4v) is 6.01. The van der Waals surface area contributed by atoms with Crippen molar-refractivity contribution in [3.05, 3.63) is 105 Å². The largest absolute Gasteiger partial charge is 0.321 e. The lowest BCUT2D eigenvalue weighted by molar-refractivity contribution is -0.134. The quantitative estimate of drug-likeness (QED) is 0.315. The number of carbonyl (C=O) groups is 1. The smallest absolute Gasteiger partial charge is 0.258 e. The van der Waals surface area contributed by atoms with Crippen molar-refractivity contribution in [3.63, 3.8) is 0 Å². The number of pyridine rings is 1. The van der Waals surface area contributed by atoms with Gasteiger partial charge < -0.3 is 4.98 Å². The summed E-state index contributed by atoms with van der Waals surface area (Å²) in [4.78, 5) is 32.6. The Morgan fingerprint density at radius 3 is 2.37 bits per heavy atom. The number of nitrogens with one attached hydrogen (secondary N) is 1. The van der Waals surface area contributed by atoms with Gasteiger partial charge in [-0.25, -0.2) is 5.01 Å². The van der Waals surface area contributed by atoms with Gasteiger partial charge in [0, 0.05) is 27.4 Å². The number of H-pyrrole nitrogens is 1. The average molecular weight is 570 g/mol. The van der Waals surface area contributed by atoms with E-state index in [0.717, 1.165) is 58.0 Å². The molecule has 1 N–H and O–H groups in total. The first kappa shape index (κ1) is 24.8. The summed E-state index contributed by atoms with van der Waals surface area (Å²) in [6, 6.07) is 25.5. The molecule has 0 bridgehead atoms. The minimum atomic E-state index is -0.260. The normalized spacial score (nSPS) is 18.1. The third kappa shape index (κ3) is 4.84. The lowest BCUT2D eigenvalue weighted by Gasteiger charge is -2.29. The van der Waals surface area contributed by atoms with Crippen LogP contribution in [0.25, 0.3) is 22.0 Å². The number of hydrogen-bond acceptors (Lipinski definition) is 4. The number of carbonyl (C=O) groups excluding carboxylic acids is 1. The van der Waals surface area contributed by atoms with Crippen LogP contribution < -0.4 is 5.56 Å². The molecule has 3 heterocycles. The number of aromatic amines is 1. The molecule has 1 atom stereocenters. The highest BCUT2D eigenvalue weighted by molar-refractivity contribution is 9.10. The minimum absolute atomic E-state index is 0.0306. The molecule has 6 nitrogen and oxygen atoms in total. The Balaban J connectivity index is 1.49. The van der Waals surface area contributed by atoms with E-state index in [0.29, 0.717) is 24.2 Å². The Labute approximate surface area is 230 Å². The SMILES string of the molecule is O=C(CN1CCCCC1)N1N=C(c2c(-c3ccccc3)c3cc(Br)ccc3[nH]c2=O)C[C@H]1c1ccccc1. The van der Waals surface area contributed by atoms with Crippen LogP contribution in [0.1, 0.15) is 42.9 Å². The Morgan fingerprint density at radius 2 is 1.63 bits per heavy atom. The summed E-state index contributed by atoms with van der Waals surface area (Å²) in [7, 11) is 0. The van der Waals surface area contributed by atoms with E-state index < -0.39 is 0 Å². The van der Waals surface area contributed by atoms with Crippen molar-refractivity contribution >= 4 is 38.5 Å². The highest BCUT2D eigenvalue weighted by Crippen LogP contribution is 2.37. The van der Waals surface area contributed by atoms with E-state index in [1.807, 2.05) is 78.9 Å². The molecule has 4 aromatic rings. The van der Waals surface area contributed by atoms with Crippen molar-refractivity contribution in [3.8, 4) is 11.1 Å². The summed E-state index contributed by atoms with van der Waals surface area (Å²) >= 11 is 3.60. The van der Waals surface area contributed by atoms with E-state index in [-0.39, 0.29) is 17.5 Å². The minimum Gasteiger partial charge on any atom is -0.321 e. The van der Waals surface area contributed by atoms with Gasteiger partial charge in [-0.2, -0.15) is 5.10 Å². The topological polar surface area (TPSA) is 68.8 Å². The highest BCUT2D eigenvalue weighted by Gasteiger charge is 2.36. The number of fused-ring (bicyclic) bond motifs is 1. The highest BCUT2D eigenvalue weighted by atomic mass is 79.9. The summed E-state index contributed by atoms with van der Waals surface area (Å²) < 4.78 is 0.925. The molecule has 192 valence electrons. The first-order valence-electron chi connectivity index (χ1n) is 13.2. The van der Waals surface area contributed by atoms with Crippen molar-refractivity contribution in [2.45, 2.75) is 31.7 Å². The second kappa shape index (κ2) is 10.7. The summed E-state index contributed by atoms with van der Waals surface area (Å²) in [6.45, 7) is 2.21. The molecule has 7 heteroatoms. The lowest BCUT2D eigenvalue weighted by atomic mass is 9.91. The Bertz CT molecular complexity index is 1560. The molecule has 0 aliphatic carbocycles. The van der Waals surface area contributed by atoms with Crippen LogP contribution in [0.2, 0.25) is 0 Å². The van der Waals surface area contributed by atoms with Crippen LogP contribution in [0.5, 0.6) is 0 Å². The van der Waals surface area contributed by atoms with Crippen LogP contribution >= 0.6 is 15.9 Å². The average Bonchev–Trinajstić information content (AvgIpc) is 3.39. The van der Waals surface area contributed by atoms with Gasteiger partial charge in [0.1, 0.15) is 0 Å². The third-order valence-electron chi connectivity index (χ3n) is 7.49. The Hall–Kier alpha value is -3.55. The number of nitrogens with zero attached hydrogens (tertiary/aromatic N) is 3. The first-order chi connectivity index (χ1) is 18.6. The summed E-state index contributed by atoms with van der Waals surface area (Å²) in [5.41, 5.74) is 4.50. The van der Waals surface area contributed by atoms with Gasteiger partial charge in [0.05, 0.1) is 23.9 Å². The molecule has 0 radical (unpaired) electrons. The van der Waals surface area contributed by atoms with Gasteiger partial charge >= 0.3 is 0 Å². The van der Waals surface area contributed by atoms with Crippen LogP contribution in [0.15, 0.2) is 93.2 Å². The number of rotatable bonds is 5. The van der Waals surface area contributed by atoms with Crippen LogP contribution in [0.3, 0.4) is 0 Å². The predicted octanol–water partition coefficient (Wildman–Crippen LogP) is 6.12. The Morgan fingerprint density at radius 1 is 0.921 bits per heavy atom. The molecule has 1 fully saturated rings. The summed E-state index contributed by atoms with van der Waals surface area (Å²) in [6.07, 6.45) is 3.92. The van der Waals surface area contributed by atoms with Crippen molar-refractivity contribution in [1.82, 2.24) is 14.9 Å². The molecule has 38 heavy (non-hydrogen) atoms. The van der Waals surface area contributed by atoms with Gasteiger partial charge in [0.25, 0.3) is 11.5 Å². The van der Waals surface area contributed by atoms with Gasteiger partial charge in [0.15, 0.2) is 0 Å². The molecule has 0 spiro atoms. The maximum absolute atomic E-state index is 13.7. The van der Waals surface area contributed by atoms with E-state index in [1.54, 1.807) is 5.01 Å². The molecule has 2 aliphatic rings. The van der Waals surface area contributed by atoms with Gasteiger partial charge in [-0.05, 0) is 55.3 Å². The van der Waals surface area contributed by atoms with E-state index in [9.17, 15) is 9.59 Å². The van der Waals surface area contributed by atoms with Gasteiger partial charge in [-0.1, -0.05) is 83.0 Å². The molecule has 1 aromatic heterocycles. The van der Waals surface area contributed by atoms with Gasteiger partial charge in [0.2, 0.25) is 0 Å².